The summed E-state index contributed by atoms with van der Waals surface area (Å²) >= 11 is 1.52. The van der Waals surface area contributed by atoms with Gasteiger partial charge in [0, 0.05) is 11.4 Å². The number of nitriles is 1. The molecule has 1 heterocycles. The van der Waals surface area contributed by atoms with Crippen LogP contribution in [0.4, 0.5) is 9.39 Å². The van der Waals surface area contributed by atoms with E-state index in [1.807, 2.05) is 0 Å². The smallest absolute Gasteiger partial charge is 0.239 e. The van der Waals surface area contributed by atoms with Crippen molar-refractivity contribution in [2.45, 2.75) is 32.2 Å². The minimum Gasteiger partial charge on any atom is -0.494 e. The first-order valence-electron chi connectivity index (χ1n) is 8.87. The number of fused-ring (bicyclic) bond motifs is 1. The average Bonchev–Trinajstić information content (AvgIpc) is 2.98. The van der Waals surface area contributed by atoms with E-state index >= 15 is 0 Å². The fourth-order valence-electron chi connectivity index (χ4n) is 3.36. The zero-order valence-corrected chi connectivity index (χ0v) is 16.3. The van der Waals surface area contributed by atoms with Crippen LogP contribution in [0.5, 0.6) is 5.75 Å². The number of nitrogens with one attached hydrogen (secondary N) is 1. The van der Waals surface area contributed by atoms with E-state index < -0.39 is 5.82 Å². The molecule has 0 spiro atoms. The Bertz CT molecular complexity index is 888. The van der Waals surface area contributed by atoms with Gasteiger partial charge >= 0.3 is 0 Å². The Balaban J connectivity index is 1.62. The van der Waals surface area contributed by atoms with Crippen molar-refractivity contribution in [2.24, 2.45) is 0 Å². The van der Waals surface area contributed by atoms with Crippen LogP contribution in [0.3, 0.4) is 0 Å². The maximum absolute atomic E-state index is 13.8. The highest BCUT2D eigenvalue weighted by Gasteiger charge is 2.22. The van der Waals surface area contributed by atoms with E-state index in [0.29, 0.717) is 17.1 Å². The number of ether oxygens (including phenoxy) is 1. The second kappa shape index (κ2) is 8.51. The van der Waals surface area contributed by atoms with Crippen LogP contribution in [-0.4, -0.2) is 31.5 Å². The van der Waals surface area contributed by atoms with Gasteiger partial charge in [-0.05, 0) is 56.0 Å². The lowest BCUT2D eigenvalue weighted by atomic mass is 9.96. The molecule has 7 heteroatoms. The number of rotatable bonds is 6. The molecule has 0 aliphatic heterocycles. The Kier molecular flexibility index (Phi) is 6.09. The summed E-state index contributed by atoms with van der Waals surface area (Å²) in [6.45, 7) is 0.585. The maximum atomic E-state index is 13.8. The minimum atomic E-state index is -0.421. The zero-order chi connectivity index (χ0) is 19.4. The Hall–Kier alpha value is -2.43. The Morgan fingerprint density at radius 1 is 1.41 bits per heavy atom. The molecule has 0 saturated heterocycles. The van der Waals surface area contributed by atoms with Gasteiger partial charge in [0.05, 0.1) is 19.2 Å². The molecule has 1 aliphatic carbocycles. The van der Waals surface area contributed by atoms with Gasteiger partial charge in [0.1, 0.15) is 11.1 Å². The van der Waals surface area contributed by atoms with Gasteiger partial charge in [0.25, 0.3) is 0 Å². The van der Waals surface area contributed by atoms with Crippen LogP contribution < -0.4 is 10.1 Å². The molecular weight excluding hydrogens is 365 g/mol. The minimum absolute atomic E-state index is 0.154. The van der Waals surface area contributed by atoms with Crippen molar-refractivity contribution in [2.75, 3.05) is 26.0 Å². The number of thiophene rings is 1. The van der Waals surface area contributed by atoms with Crippen LogP contribution in [0.2, 0.25) is 0 Å². The van der Waals surface area contributed by atoms with E-state index in [-0.39, 0.29) is 18.2 Å². The fourth-order valence-corrected chi connectivity index (χ4v) is 4.62. The summed E-state index contributed by atoms with van der Waals surface area (Å²) in [6, 6.07) is 7.01. The van der Waals surface area contributed by atoms with Crippen LogP contribution in [0.15, 0.2) is 18.2 Å². The SMILES string of the molecule is COc1ccc(CN(C)CC(=O)Nc2sc3c(c2C#N)CCCC3)cc1F. The Labute approximate surface area is 162 Å². The predicted molar refractivity (Wildman–Crippen MR) is 104 cm³/mol. The fraction of sp³-hybridized carbons (Fsp3) is 0.400. The first-order valence-corrected chi connectivity index (χ1v) is 9.69. The molecule has 0 saturated carbocycles. The molecular formula is C20H22FN3O2S. The third kappa shape index (κ3) is 4.46. The van der Waals surface area contributed by atoms with Gasteiger partial charge in [-0.25, -0.2) is 4.39 Å². The van der Waals surface area contributed by atoms with Gasteiger partial charge in [-0.3, -0.25) is 9.69 Å². The van der Waals surface area contributed by atoms with E-state index in [0.717, 1.165) is 36.8 Å². The van der Waals surface area contributed by atoms with Gasteiger partial charge < -0.3 is 10.1 Å². The lowest BCUT2D eigenvalue weighted by Gasteiger charge is -2.16. The van der Waals surface area contributed by atoms with Gasteiger partial charge in [0.2, 0.25) is 5.91 Å². The van der Waals surface area contributed by atoms with Crippen LogP contribution in [0.1, 0.15) is 34.4 Å². The second-order valence-electron chi connectivity index (χ2n) is 6.72. The van der Waals surface area contributed by atoms with Crippen LogP contribution >= 0.6 is 11.3 Å². The first-order chi connectivity index (χ1) is 13.0. The normalized spacial score (nSPS) is 13.1. The van der Waals surface area contributed by atoms with Crippen LogP contribution in [0.25, 0.3) is 0 Å². The first kappa shape index (κ1) is 19.3. The van der Waals surface area contributed by atoms with Gasteiger partial charge in [-0.15, -0.1) is 11.3 Å². The number of anilines is 1. The highest BCUT2D eigenvalue weighted by molar-refractivity contribution is 7.16. The molecule has 27 heavy (non-hydrogen) atoms. The number of aryl methyl sites for hydroxylation is 1. The average molecular weight is 387 g/mol. The molecule has 0 bridgehead atoms. The summed E-state index contributed by atoms with van der Waals surface area (Å²) in [5.74, 6) is -0.401. The van der Waals surface area contributed by atoms with Crippen molar-refractivity contribution in [3.05, 3.63) is 45.6 Å². The van der Waals surface area contributed by atoms with Crippen molar-refractivity contribution < 1.29 is 13.9 Å². The molecule has 142 valence electrons. The highest BCUT2D eigenvalue weighted by Crippen LogP contribution is 2.37. The number of methoxy groups -OCH3 is 1. The molecule has 1 aliphatic rings. The summed E-state index contributed by atoms with van der Waals surface area (Å²) in [5, 5.41) is 13.0. The van der Waals surface area contributed by atoms with E-state index in [9.17, 15) is 14.4 Å². The van der Waals surface area contributed by atoms with E-state index in [4.69, 9.17) is 4.74 Å². The summed E-state index contributed by atoms with van der Waals surface area (Å²) in [7, 11) is 3.22. The number of carbonyl (C=O) groups is 1. The summed E-state index contributed by atoms with van der Waals surface area (Å²) in [4.78, 5) is 15.4. The van der Waals surface area contributed by atoms with Crippen molar-refractivity contribution in [1.82, 2.24) is 4.90 Å². The molecule has 0 radical (unpaired) electrons. The monoisotopic (exact) mass is 387 g/mol. The van der Waals surface area contributed by atoms with Crippen LogP contribution in [0, 0.1) is 17.1 Å². The van der Waals surface area contributed by atoms with Gasteiger partial charge in [0.15, 0.2) is 11.6 Å². The van der Waals surface area contributed by atoms with Gasteiger partial charge in [-0.1, -0.05) is 6.07 Å². The zero-order valence-electron chi connectivity index (χ0n) is 15.5. The van der Waals surface area contributed by atoms with Crippen molar-refractivity contribution >= 4 is 22.2 Å². The molecule has 1 amide bonds. The van der Waals surface area contributed by atoms with Gasteiger partial charge in [-0.2, -0.15) is 5.26 Å². The molecule has 1 aromatic heterocycles. The molecule has 1 N–H and O–H groups in total. The van der Waals surface area contributed by atoms with E-state index in [1.165, 1.54) is 29.4 Å². The van der Waals surface area contributed by atoms with E-state index in [1.54, 1.807) is 24.1 Å². The van der Waals surface area contributed by atoms with Crippen molar-refractivity contribution in [3.63, 3.8) is 0 Å². The number of hydrogen-bond acceptors (Lipinski definition) is 5. The molecule has 5 nitrogen and oxygen atoms in total. The number of carbonyl (C=O) groups excluding carboxylic acids is 1. The molecule has 1 aromatic carbocycles. The van der Waals surface area contributed by atoms with E-state index in [2.05, 4.69) is 11.4 Å². The predicted octanol–water partition coefficient (Wildman–Crippen LogP) is 3.72. The number of halogens is 1. The third-order valence-electron chi connectivity index (χ3n) is 4.62. The number of nitrogens with zero attached hydrogens (tertiary/aromatic N) is 2. The maximum Gasteiger partial charge on any atom is 0.239 e. The molecule has 0 atom stereocenters. The molecule has 3 rings (SSSR count). The highest BCUT2D eigenvalue weighted by atomic mass is 32.1. The molecule has 0 unspecified atom stereocenters. The topological polar surface area (TPSA) is 65.4 Å². The number of likely N-dealkylation sites (N-methyl/N-ethyl adjacent to an activating group) is 1. The largest absolute Gasteiger partial charge is 0.494 e. The van der Waals surface area contributed by atoms with Crippen molar-refractivity contribution in [3.8, 4) is 11.8 Å². The molecule has 2 aromatic rings. The third-order valence-corrected chi connectivity index (χ3v) is 5.83. The quantitative estimate of drug-likeness (QED) is 0.821. The summed E-state index contributed by atoms with van der Waals surface area (Å²) in [6.07, 6.45) is 4.11. The number of benzene rings is 1. The Morgan fingerprint density at radius 2 is 2.19 bits per heavy atom. The lowest BCUT2D eigenvalue weighted by Crippen LogP contribution is -2.29. The summed E-state index contributed by atoms with van der Waals surface area (Å²) < 4.78 is 18.7. The Morgan fingerprint density at radius 3 is 2.89 bits per heavy atom. The van der Waals surface area contributed by atoms with Crippen molar-refractivity contribution in [1.29, 1.82) is 5.26 Å². The number of hydrogen-bond donors (Lipinski definition) is 1. The second-order valence-corrected chi connectivity index (χ2v) is 7.82. The standard InChI is InChI=1S/C20H22FN3O2S/c1-24(11-13-7-8-17(26-2)16(21)9-13)12-19(25)23-20-15(10-22)14-5-3-4-6-18(14)27-20/h7-9H,3-6,11-12H2,1-2H3,(H,23,25). The summed E-state index contributed by atoms with van der Waals surface area (Å²) in [5.41, 5.74) is 2.47. The molecule has 0 fully saturated rings. The lowest BCUT2D eigenvalue weighted by molar-refractivity contribution is -0.117. The number of amides is 1. The van der Waals surface area contributed by atoms with Crippen LogP contribution in [-0.2, 0) is 24.2 Å².